The Morgan fingerprint density at radius 2 is 1.64 bits per heavy atom. The van der Waals surface area contributed by atoms with Crippen molar-refractivity contribution in [2.24, 2.45) is 7.05 Å². The van der Waals surface area contributed by atoms with Crippen LogP contribution < -0.4 is 15.2 Å². The molecule has 5 rings (SSSR count). The molecule has 2 aromatic carbocycles. The number of amides is 2. The molecule has 0 saturated carbocycles. The number of pyridine rings is 1. The fourth-order valence-corrected chi connectivity index (χ4v) is 3.98. The summed E-state index contributed by atoms with van der Waals surface area (Å²) < 4.78 is 34.8. The number of rotatable bonds is 4. The van der Waals surface area contributed by atoms with E-state index in [1.54, 1.807) is 31.6 Å². The minimum absolute atomic E-state index is 0.120. The second-order valence-corrected chi connectivity index (χ2v) is 7.71. The van der Waals surface area contributed by atoms with E-state index in [0.717, 1.165) is 11.0 Å². The van der Waals surface area contributed by atoms with Crippen LogP contribution in [-0.2, 0) is 16.6 Å². The fourth-order valence-electron chi connectivity index (χ4n) is 3.98. The minimum atomic E-state index is -0.887. The van der Waals surface area contributed by atoms with Gasteiger partial charge < -0.3 is 14.3 Å². The van der Waals surface area contributed by atoms with Gasteiger partial charge in [-0.15, -0.1) is 0 Å². The maximum absolute atomic E-state index is 14.3. The molecule has 33 heavy (non-hydrogen) atoms. The third kappa shape index (κ3) is 3.47. The zero-order chi connectivity index (χ0) is 23.3. The lowest BCUT2D eigenvalue weighted by Crippen LogP contribution is -2.28. The number of hydrogen-bond acceptors (Lipinski definition) is 4. The summed E-state index contributed by atoms with van der Waals surface area (Å²) in [7, 11) is 1.59. The second kappa shape index (κ2) is 7.70. The average molecular weight is 449 g/mol. The van der Waals surface area contributed by atoms with Crippen LogP contribution in [0, 0.1) is 11.6 Å². The predicted octanol–water partition coefficient (Wildman–Crippen LogP) is 4.26. The summed E-state index contributed by atoms with van der Waals surface area (Å²) in [5, 5.41) is 0.582. The van der Waals surface area contributed by atoms with Gasteiger partial charge in [0.1, 0.15) is 17.1 Å². The Balaban J connectivity index is 1.73. The minimum Gasteiger partial charge on any atom is -0.454 e. The number of H-pyrrole nitrogens is 1. The maximum atomic E-state index is 14.3. The molecule has 9 heteroatoms. The number of nitrogens with zero attached hydrogens (tertiary/aromatic N) is 2. The van der Waals surface area contributed by atoms with Gasteiger partial charge in [-0.25, -0.2) is 8.78 Å². The number of fused-ring (bicyclic) bond motifs is 1. The second-order valence-electron chi connectivity index (χ2n) is 7.71. The number of carbonyl (C=O) groups is 2. The van der Waals surface area contributed by atoms with Crippen molar-refractivity contribution < 1.29 is 23.1 Å². The van der Waals surface area contributed by atoms with Gasteiger partial charge >= 0.3 is 0 Å². The number of nitrogens with one attached hydrogen (secondary N) is 1. The molecular formula is C24H17F2N3O4. The lowest BCUT2D eigenvalue weighted by atomic mass is 10.0. The molecular weight excluding hydrogens is 432 g/mol. The number of carbonyl (C=O) groups excluding carboxylic acids is 2. The van der Waals surface area contributed by atoms with Gasteiger partial charge in [-0.2, -0.15) is 0 Å². The molecule has 2 aromatic heterocycles. The Hall–Kier alpha value is -4.27. The van der Waals surface area contributed by atoms with Crippen molar-refractivity contribution >= 4 is 28.4 Å². The zero-order valence-corrected chi connectivity index (χ0v) is 17.4. The molecule has 7 nitrogen and oxygen atoms in total. The van der Waals surface area contributed by atoms with Crippen LogP contribution in [0.3, 0.4) is 0 Å². The Kier molecular flexibility index (Phi) is 4.81. The van der Waals surface area contributed by atoms with Crippen LogP contribution in [-0.4, -0.2) is 21.4 Å². The van der Waals surface area contributed by atoms with Gasteiger partial charge in [-0.05, 0) is 36.4 Å². The van der Waals surface area contributed by atoms with Crippen molar-refractivity contribution in [2.45, 2.75) is 12.8 Å². The molecule has 1 saturated heterocycles. The van der Waals surface area contributed by atoms with E-state index >= 15 is 0 Å². The number of aryl methyl sites for hydroxylation is 1. The molecule has 4 aromatic rings. The summed E-state index contributed by atoms with van der Waals surface area (Å²) >= 11 is 0. The maximum Gasteiger partial charge on any atom is 0.274 e. The van der Waals surface area contributed by atoms with E-state index in [4.69, 9.17) is 4.74 Å². The summed E-state index contributed by atoms with van der Waals surface area (Å²) in [6.45, 7) is 0. The van der Waals surface area contributed by atoms with Crippen molar-refractivity contribution in [1.29, 1.82) is 0 Å². The molecule has 1 aliphatic rings. The fraction of sp³-hybridized carbons (Fsp3) is 0.125. The summed E-state index contributed by atoms with van der Waals surface area (Å²) in [6.07, 6.45) is 3.45. The monoisotopic (exact) mass is 449 g/mol. The van der Waals surface area contributed by atoms with Crippen LogP contribution in [0.15, 0.2) is 59.7 Å². The number of halogens is 2. The highest BCUT2D eigenvalue weighted by Gasteiger charge is 2.31. The van der Waals surface area contributed by atoms with E-state index in [1.807, 2.05) is 0 Å². The molecule has 0 bridgehead atoms. The largest absolute Gasteiger partial charge is 0.454 e. The van der Waals surface area contributed by atoms with Crippen molar-refractivity contribution in [1.82, 2.24) is 9.55 Å². The van der Waals surface area contributed by atoms with E-state index in [0.29, 0.717) is 33.8 Å². The van der Waals surface area contributed by atoms with Gasteiger partial charge in [-0.1, -0.05) is 0 Å². The van der Waals surface area contributed by atoms with Gasteiger partial charge in [0.2, 0.25) is 11.8 Å². The van der Waals surface area contributed by atoms with Crippen LogP contribution in [0.1, 0.15) is 12.8 Å². The third-order valence-electron chi connectivity index (χ3n) is 5.57. The molecule has 1 fully saturated rings. The van der Waals surface area contributed by atoms with Crippen molar-refractivity contribution in [3.05, 3.63) is 76.8 Å². The van der Waals surface area contributed by atoms with Crippen molar-refractivity contribution in [3.8, 4) is 22.6 Å². The van der Waals surface area contributed by atoms with Crippen LogP contribution in [0.2, 0.25) is 0 Å². The van der Waals surface area contributed by atoms with Gasteiger partial charge in [0.15, 0.2) is 11.6 Å². The lowest BCUT2D eigenvalue weighted by Gasteiger charge is -2.19. The molecule has 3 heterocycles. The van der Waals surface area contributed by atoms with E-state index < -0.39 is 11.6 Å². The zero-order valence-electron chi connectivity index (χ0n) is 17.4. The van der Waals surface area contributed by atoms with Gasteiger partial charge in [0, 0.05) is 54.9 Å². The number of aromatic amines is 1. The molecule has 166 valence electrons. The van der Waals surface area contributed by atoms with Crippen LogP contribution in [0.4, 0.5) is 14.5 Å². The number of benzene rings is 2. The normalized spacial score (nSPS) is 13.8. The number of hydrogen-bond donors (Lipinski definition) is 1. The first-order valence-corrected chi connectivity index (χ1v) is 10.1. The number of anilines is 1. The summed E-state index contributed by atoms with van der Waals surface area (Å²) in [5.74, 6) is -2.28. The number of ether oxygens (including phenoxy) is 1. The predicted molar refractivity (Wildman–Crippen MR) is 117 cm³/mol. The summed E-state index contributed by atoms with van der Waals surface area (Å²) in [5.41, 5.74) is 1.43. The Labute approximate surface area is 185 Å². The molecule has 0 unspecified atom stereocenters. The highest BCUT2D eigenvalue weighted by atomic mass is 19.1. The Bertz CT molecular complexity index is 1490. The van der Waals surface area contributed by atoms with E-state index in [-0.39, 0.29) is 41.7 Å². The van der Waals surface area contributed by atoms with E-state index in [2.05, 4.69) is 4.98 Å². The highest BCUT2D eigenvalue weighted by molar-refractivity contribution is 6.20. The quantitative estimate of drug-likeness (QED) is 0.472. The van der Waals surface area contributed by atoms with Crippen LogP contribution in [0.5, 0.6) is 11.5 Å². The van der Waals surface area contributed by atoms with Crippen molar-refractivity contribution in [2.75, 3.05) is 4.90 Å². The highest BCUT2D eigenvalue weighted by Crippen LogP contribution is 2.40. The summed E-state index contributed by atoms with van der Waals surface area (Å²) in [6, 6.07) is 9.29. The first-order chi connectivity index (χ1) is 15.8. The summed E-state index contributed by atoms with van der Waals surface area (Å²) in [4.78, 5) is 41.1. The molecule has 1 aliphatic heterocycles. The van der Waals surface area contributed by atoms with Gasteiger partial charge in [0.25, 0.3) is 5.56 Å². The SMILES string of the molecule is Cn1cc(-c2cc(N3C(=O)CCC3=O)ccc2Oc2ccc(F)cc2F)c2cc[nH]c2c1=O. The molecule has 0 radical (unpaired) electrons. The van der Waals surface area contributed by atoms with Gasteiger partial charge in [0.05, 0.1) is 5.69 Å². The van der Waals surface area contributed by atoms with Crippen LogP contribution in [0.25, 0.3) is 22.0 Å². The average Bonchev–Trinajstić information content (AvgIpc) is 3.40. The first-order valence-electron chi connectivity index (χ1n) is 10.1. The number of aromatic nitrogens is 2. The molecule has 2 amide bonds. The molecule has 0 aliphatic carbocycles. The van der Waals surface area contributed by atoms with E-state index in [9.17, 15) is 23.2 Å². The molecule has 1 N–H and O–H groups in total. The smallest absolute Gasteiger partial charge is 0.274 e. The number of imide groups is 1. The third-order valence-corrected chi connectivity index (χ3v) is 5.57. The topological polar surface area (TPSA) is 84.4 Å². The molecule has 0 spiro atoms. The van der Waals surface area contributed by atoms with Crippen LogP contribution >= 0.6 is 0 Å². The Morgan fingerprint density at radius 1 is 0.909 bits per heavy atom. The lowest BCUT2D eigenvalue weighted by molar-refractivity contribution is -0.121. The standard InChI is InChI=1S/C24H17F2N3O4/c1-28-12-17(15-8-9-27-23(15)24(28)32)16-11-14(29-21(30)6-7-22(29)31)3-5-19(16)33-20-4-2-13(25)10-18(20)26/h2-5,8-12,27H,6-7H2,1H3. The van der Waals surface area contributed by atoms with E-state index in [1.165, 1.54) is 22.8 Å². The van der Waals surface area contributed by atoms with Gasteiger partial charge in [-0.3, -0.25) is 19.3 Å². The first kappa shape index (κ1) is 20.6. The van der Waals surface area contributed by atoms with Crippen molar-refractivity contribution in [3.63, 3.8) is 0 Å². The Morgan fingerprint density at radius 3 is 2.36 bits per heavy atom. The molecule has 0 atom stereocenters.